The van der Waals surface area contributed by atoms with Gasteiger partial charge in [0.15, 0.2) is 0 Å². The number of rotatable bonds is 7. The van der Waals surface area contributed by atoms with Gasteiger partial charge in [-0.2, -0.15) is 0 Å². The molecule has 0 aromatic rings. The van der Waals surface area contributed by atoms with Gasteiger partial charge in [-0.3, -0.25) is 0 Å². The molecular weight excluding hydrogens is 182 g/mol. The highest BCUT2D eigenvalue weighted by atomic mass is 16.5. The molecule has 0 rings (SSSR count). The Hall–Kier alpha value is -0.870. The van der Waals surface area contributed by atoms with Gasteiger partial charge in [0.25, 0.3) is 0 Å². The third-order valence-corrected chi connectivity index (χ3v) is 1.93. The van der Waals surface area contributed by atoms with Crippen molar-refractivity contribution in [2.75, 3.05) is 33.9 Å². The van der Waals surface area contributed by atoms with Crippen LogP contribution in [0, 0.1) is 0 Å². The zero-order valence-corrected chi connectivity index (χ0v) is 9.12. The summed E-state index contributed by atoms with van der Waals surface area (Å²) in [5, 5.41) is 8.60. The van der Waals surface area contributed by atoms with Gasteiger partial charge in [-0.05, 0) is 20.4 Å². The van der Waals surface area contributed by atoms with Gasteiger partial charge < -0.3 is 14.7 Å². The minimum atomic E-state index is -0.852. The summed E-state index contributed by atoms with van der Waals surface area (Å²) in [6.07, 6.45) is 2.68. The predicted molar refractivity (Wildman–Crippen MR) is 55.4 cm³/mol. The molecule has 0 atom stereocenters. The minimum absolute atomic E-state index is 0.392. The second-order valence-electron chi connectivity index (χ2n) is 3.30. The number of aliphatic carboxylic acids is 1. The van der Waals surface area contributed by atoms with Crippen molar-refractivity contribution in [2.45, 2.75) is 13.3 Å². The molecule has 4 heteroatoms. The van der Waals surface area contributed by atoms with Crippen molar-refractivity contribution in [1.82, 2.24) is 4.90 Å². The fourth-order valence-electron chi connectivity index (χ4n) is 0.950. The van der Waals surface area contributed by atoms with Crippen LogP contribution in [-0.4, -0.2) is 49.8 Å². The average molecular weight is 201 g/mol. The summed E-state index contributed by atoms with van der Waals surface area (Å²) in [5.74, 6) is -0.852. The Morgan fingerprint density at radius 3 is 2.71 bits per heavy atom. The van der Waals surface area contributed by atoms with E-state index in [1.54, 1.807) is 20.1 Å². The molecule has 0 aliphatic carbocycles. The van der Waals surface area contributed by atoms with E-state index in [1.165, 1.54) is 0 Å². The first-order valence-electron chi connectivity index (χ1n) is 4.65. The summed E-state index contributed by atoms with van der Waals surface area (Å²) in [6, 6.07) is 0. The second kappa shape index (κ2) is 7.53. The maximum atomic E-state index is 10.5. The summed E-state index contributed by atoms with van der Waals surface area (Å²) in [5.41, 5.74) is 0.392. The fraction of sp³-hybridized carbons (Fsp3) is 0.700. The lowest BCUT2D eigenvalue weighted by molar-refractivity contribution is -0.132. The van der Waals surface area contributed by atoms with Crippen LogP contribution in [0.1, 0.15) is 13.3 Å². The third-order valence-electron chi connectivity index (χ3n) is 1.93. The molecule has 82 valence electrons. The molecule has 0 aliphatic heterocycles. The van der Waals surface area contributed by atoms with Gasteiger partial charge in [0.05, 0.1) is 0 Å². The topological polar surface area (TPSA) is 49.8 Å². The van der Waals surface area contributed by atoms with Crippen LogP contribution in [0.5, 0.6) is 0 Å². The predicted octanol–water partition coefficient (Wildman–Crippen LogP) is 0.986. The molecule has 0 aromatic heterocycles. The summed E-state index contributed by atoms with van der Waals surface area (Å²) in [6.45, 7) is 3.93. The Bertz CT molecular complexity index is 202. The number of methoxy groups -OCH3 is 1. The maximum Gasteiger partial charge on any atom is 0.330 e. The van der Waals surface area contributed by atoms with Gasteiger partial charge in [-0.15, -0.1) is 0 Å². The normalized spacial score (nSPS) is 12.1. The molecule has 0 saturated heterocycles. The van der Waals surface area contributed by atoms with Gasteiger partial charge in [-0.25, -0.2) is 4.79 Å². The van der Waals surface area contributed by atoms with Crippen molar-refractivity contribution < 1.29 is 14.6 Å². The van der Waals surface area contributed by atoms with Crippen molar-refractivity contribution in [3.63, 3.8) is 0 Å². The highest BCUT2D eigenvalue weighted by Crippen LogP contribution is 1.94. The molecular formula is C10H19NO3. The fourth-order valence-corrected chi connectivity index (χ4v) is 0.950. The smallest absolute Gasteiger partial charge is 0.330 e. The zero-order chi connectivity index (χ0) is 11.0. The first-order chi connectivity index (χ1) is 6.57. The summed E-state index contributed by atoms with van der Waals surface area (Å²) >= 11 is 0. The van der Waals surface area contributed by atoms with Crippen molar-refractivity contribution >= 4 is 5.97 Å². The van der Waals surface area contributed by atoms with E-state index in [0.717, 1.165) is 19.6 Å². The third kappa shape index (κ3) is 6.62. The van der Waals surface area contributed by atoms with Crippen LogP contribution in [0.15, 0.2) is 11.6 Å². The van der Waals surface area contributed by atoms with Crippen LogP contribution in [0.3, 0.4) is 0 Å². The first kappa shape index (κ1) is 13.1. The van der Waals surface area contributed by atoms with E-state index in [1.807, 2.05) is 7.05 Å². The molecule has 0 aliphatic rings. The number of hydrogen-bond donors (Lipinski definition) is 1. The number of ether oxygens (including phenoxy) is 1. The van der Waals surface area contributed by atoms with Crippen molar-refractivity contribution in [3.8, 4) is 0 Å². The number of carboxylic acids is 1. The molecule has 14 heavy (non-hydrogen) atoms. The number of carbonyl (C=O) groups is 1. The monoisotopic (exact) mass is 201 g/mol. The summed E-state index contributed by atoms with van der Waals surface area (Å²) in [7, 11) is 3.63. The van der Waals surface area contributed by atoms with Crippen LogP contribution >= 0.6 is 0 Å². The second-order valence-corrected chi connectivity index (χ2v) is 3.30. The number of likely N-dealkylation sites (N-methyl/N-ethyl adjacent to an activating group) is 1. The molecule has 0 saturated carbocycles. The Balaban J connectivity index is 3.67. The molecule has 4 nitrogen and oxygen atoms in total. The van der Waals surface area contributed by atoms with Gasteiger partial charge in [-0.1, -0.05) is 6.08 Å². The van der Waals surface area contributed by atoms with E-state index >= 15 is 0 Å². The van der Waals surface area contributed by atoms with Crippen LogP contribution in [0.4, 0.5) is 0 Å². The molecule has 1 N–H and O–H groups in total. The van der Waals surface area contributed by atoms with Crippen molar-refractivity contribution in [1.29, 1.82) is 0 Å². The van der Waals surface area contributed by atoms with E-state index in [-0.39, 0.29) is 0 Å². The van der Waals surface area contributed by atoms with Gasteiger partial charge >= 0.3 is 5.97 Å². The molecule has 0 bridgehead atoms. The molecule has 0 fully saturated rings. The van der Waals surface area contributed by atoms with Crippen LogP contribution in [0.2, 0.25) is 0 Å². The zero-order valence-electron chi connectivity index (χ0n) is 9.12. The minimum Gasteiger partial charge on any atom is -0.478 e. The number of nitrogens with zero attached hydrogens (tertiary/aromatic N) is 1. The van der Waals surface area contributed by atoms with Crippen molar-refractivity contribution in [2.24, 2.45) is 0 Å². The average Bonchev–Trinajstić information content (AvgIpc) is 2.14. The maximum absolute atomic E-state index is 10.5. The number of carboxylic acid groups (broad SMARTS) is 1. The standard InChI is InChI=1S/C10H19NO3/c1-9(10(12)13)5-7-11(2)6-4-8-14-3/h5H,4,6-8H2,1-3H3,(H,12,13). The highest BCUT2D eigenvalue weighted by molar-refractivity contribution is 5.85. The molecule has 0 aromatic carbocycles. The lowest BCUT2D eigenvalue weighted by Crippen LogP contribution is -2.21. The van der Waals surface area contributed by atoms with Crippen LogP contribution < -0.4 is 0 Å². The SMILES string of the molecule is COCCCN(C)CC=C(C)C(=O)O. The first-order valence-corrected chi connectivity index (χ1v) is 4.65. The molecule has 0 unspecified atom stereocenters. The summed E-state index contributed by atoms with van der Waals surface area (Å²) in [4.78, 5) is 12.5. The van der Waals surface area contributed by atoms with E-state index in [0.29, 0.717) is 12.1 Å². The van der Waals surface area contributed by atoms with E-state index in [2.05, 4.69) is 4.90 Å². The van der Waals surface area contributed by atoms with Gasteiger partial charge in [0, 0.05) is 32.4 Å². The van der Waals surface area contributed by atoms with E-state index in [9.17, 15) is 4.79 Å². The van der Waals surface area contributed by atoms with Crippen LogP contribution in [0.25, 0.3) is 0 Å². The molecule has 0 radical (unpaired) electrons. The van der Waals surface area contributed by atoms with Crippen molar-refractivity contribution in [3.05, 3.63) is 11.6 Å². The molecule has 0 heterocycles. The highest BCUT2D eigenvalue weighted by Gasteiger charge is 2.00. The van der Waals surface area contributed by atoms with E-state index in [4.69, 9.17) is 9.84 Å². The summed E-state index contributed by atoms with van der Waals surface area (Å²) < 4.78 is 4.92. The Morgan fingerprint density at radius 1 is 1.57 bits per heavy atom. The quantitative estimate of drug-likeness (QED) is 0.493. The largest absolute Gasteiger partial charge is 0.478 e. The lowest BCUT2D eigenvalue weighted by Gasteiger charge is -2.13. The van der Waals surface area contributed by atoms with Gasteiger partial charge in [0.2, 0.25) is 0 Å². The molecule has 0 spiro atoms. The Kier molecular flexibility index (Phi) is 7.06. The lowest BCUT2D eigenvalue weighted by atomic mass is 10.3. The molecule has 0 amide bonds. The van der Waals surface area contributed by atoms with E-state index < -0.39 is 5.97 Å². The van der Waals surface area contributed by atoms with Gasteiger partial charge in [0.1, 0.15) is 0 Å². The Morgan fingerprint density at radius 2 is 2.21 bits per heavy atom. The van der Waals surface area contributed by atoms with Crippen LogP contribution in [-0.2, 0) is 9.53 Å². The Labute approximate surface area is 85.2 Å². The number of hydrogen-bond acceptors (Lipinski definition) is 3.